The largest absolute Gasteiger partial charge is 0.309 e. The summed E-state index contributed by atoms with van der Waals surface area (Å²) in [6.45, 7) is 2.03. The number of rotatable bonds is 2. The van der Waals surface area contributed by atoms with E-state index in [-0.39, 0.29) is 24.2 Å². The fraction of sp³-hybridized carbons (Fsp3) is 0.235. The first-order valence-electron chi connectivity index (χ1n) is 6.80. The summed E-state index contributed by atoms with van der Waals surface area (Å²) in [6, 6.07) is 14.5. The van der Waals surface area contributed by atoms with E-state index in [2.05, 4.69) is 0 Å². The number of carbonyl (C=O) groups is 1. The van der Waals surface area contributed by atoms with Crippen LogP contribution in [0.4, 0.5) is 10.1 Å². The Morgan fingerprint density at radius 1 is 1.20 bits per heavy atom. The summed E-state index contributed by atoms with van der Waals surface area (Å²) in [7, 11) is 0. The van der Waals surface area contributed by atoms with Crippen molar-refractivity contribution in [2.75, 3.05) is 4.90 Å². The topological polar surface area (TPSA) is 20.3 Å². The smallest absolute Gasteiger partial charge is 0.231 e. The summed E-state index contributed by atoms with van der Waals surface area (Å²) >= 11 is 0. The van der Waals surface area contributed by atoms with Crippen molar-refractivity contribution in [3.05, 3.63) is 65.5 Å². The van der Waals surface area contributed by atoms with Gasteiger partial charge in [-0.3, -0.25) is 4.79 Å². The highest BCUT2D eigenvalue weighted by molar-refractivity contribution is 5.97. The molecule has 1 atom stereocenters. The summed E-state index contributed by atoms with van der Waals surface area (Å²) in [5.74, 6) is -0.367. The van der Waals surface area contributed by atoms with Gasteiger partial charge in [-0.05, 0) is 36.6 Å². The van der Waals surface area contributed by atoms with E-state index in [0.29, 0.717) is 5.56 Å². The molecule has 20 heavy (non-hydrogen) atoms. The second kappa shape index (κ2) is 5.08. The lowest BCUT2D eigenvalue weighted by Gasteiger charge is -2.23. The van der Waals surface area contributed by atoms with Crippen LogP contribution in [-0.4, -0.2) is 11.9 Å². The number of anilines is 1. The van der Waals surface area contributed by atoms with E-state index in [4.69, 9.17) is 0 Å². The molecule has 1 aliphatic heterocycles. The van der Waals surface area contributed by atoms with Gasteiger partial charge < -0.3 is 4.90 Å². The number of nitrogens with zero attached hydrogens (tertiary/aromatic N) is 1. The Bertz CT molecular complexity index is 653. The first-order chi connectivity index (χ1) is 9.66. The van der Waals surface area contributed by atoms with Crippen molar-refractivity contribution in [2.24, 2.45) is 0 Å². The quantitative estimate of drug-likeness (QED) is 0.818. The monoisotopic (exact) mass is 269 g/mol. The lowest BCUT2D eigenvalue weighted by atomic mass is 10.1. The number of hydrogen-bond donors (Lipinski definition) is 0. The number of para-hydroxylation sites is 1. The van der Waals surface area contributed by atoms with Gasteiger partial charge in [0.15, 0.2) is 0 Å². The predicted octanol–water partition coefficient (Wildman–Crippen LogP) is 3.35. The van der Waals surface area contributed by atoms with Crippen LogP contribution in [0.1, 0.15) is 18.1 Å². The van der Waals surface area contributed by atoms with Crippen molar-refractivity contribution in [3.63, 3.8) is 0 Å². The maximum absolute atomic E-state index is 13.7. The van der Waals surface area contributed by atoms with E-state index >= 15 is 0 Å². The SMILES string of the molecule is CC1Cc2ccccc2N1C(=O)Cc1ccccc1F. The molecule has 0 saturated carbocycles. The second-order valence-electron chi connectivity index (χ2n) is 5.21. The fourth-order valence-corrected chi connectivity index (χ4v) is 2.84. The fourth-order valence-electron chi connectivity index (χ4n) is 2.84. The number of benzene rings is 2. The van der Waals surface area contributed by atoms with Crippen LogP contribution in [0.15, 0.2) is 48.5 Å². The number of amides is 1. The standard InChI is InChI=1S/C17H16FNO/c1-12-10-14-7-3-5-9-16(14)19(12)17(20)11-13-6-2-4-8-15(13)18/h2-9,12H,10-11H2,1H3. The number of carbonyl (C=O) groups excluding carboxylic acids is 1. The molecule has 3 heteroatoms. The van der Waals surface area contributed by atoms with Crippen molar-refractivity contribution < 1.29 is 9.18 Å². The van der Waals surface area contributed by atoms with Gasteiger partial charge in [-0.25, -0.2) is 4.39 Å². The molecule has 0 spiro atoms. The molecular formula is C17H16FNO. The molecule has 0 bridgehead atoms. The van der Waals surface area contributed by atoms with Gasteiger partial charge >= 0.3 is 0 Å². The Balaban J connectivity index is 1.86. The molecule has 1 aliphatic rings. The Hall–Kier alpha value is -2.16. The molecule has 2 aromatic rings. The predicted molar refractivity (Wildman–Crippen MR) is 77.2 cm³/mol. The summed E-state index contributed by atoms with van der Waals surface area (Å²) in [5, 5.41) is 0. The number of hydrogen-bond acceptors (Lipinski definition) is 1. The molecule has 2 aromatic carbocycles. The lowest BCUT2D eigenvalue weighted by Crippen LogP contribution is -2.36. The van der Waals surface area contributed by atoms with E-state index in [9.17, 15) is 9.18 Å². The molecule has 0 N–H and O–H groups in total. The van der Waals surface area contributed by atoms with Crippen molar-refractivity contribution >= 4 is 11.6 Å². The molecule has 0 aliphatic carbocycles. The van der Waals surface area contributed by atoms with Gasteiger partial charge in [-0.1, -0.05) is 36.4 Å². The lowest BCUT2D eigenvalue weighted by molar-refractivity contribution is -0.118. The Morgan fingerprint density at radius 2 is 1.90 bits per heavy atom. The Morgan fingerprint density at radius 3 is 2.70 bits per heavy atom. The van der Waals surface area contributed by atoms with Gasteiger partial charge in [0.1, 0.15) is 5.82 Å². The van der Waals surface area contributed by atoms with E-state index in [1.807, 2.05) is 31.2 Å². The highest BCUT2D eigenvalue weighted by Crippen LogP contribution is 2.32. The third-order valence-electron chi connectivity index (χ3n) is 3.78. The van der Waals surface area contributed by atoms with Crippen LogP contribution in [0.25, 0.3) is 0 Å². The molecule has 0 aromatic heterocycles. The average Bonchev–Trinajstić information content (AvgIpc) is 2.77. The Labute approximate surface area is 117 Å². The number of fused-ring (bicyclic) bond motifs is 1. The van der Waals surface area contributed by atoms with Gasteiger partial charge in [0, 0.05) is 11.7 Å². The van der Waals surface area contributed by atoms with Crippen LogP contribution in [0.2, 0.25) is 0 Å². The second-order valence-corrected chi connectivity index (χ2v) is 5.21. The minimum Gasteiger partial charge on any atom is -0.309 e. The van der Waals surface area contributed by atoms with E-state index in [1.165, 1.54) is 11.6 Å². The third-order valence-corrected chi connectivity index (χ3v) is 3.78. The summed E-state index contributed by atoms with van der Waals surface area (Å²) in [4.78, 5) is 14.3. The highest BCUT2D eigenvalue weighted by atomic mass is 19.1. The van der Waals surface area contributed by atoms with Crippen molar-refractivity contribution in [1.82, 2.24) is 0 Å². The van der Waals surface area contributed by atoms with Crippen molar-refractivity contribution in [2.45, 2.75) is 25.8 Å². The minimum atomic E-state index is -0.319. The van der Waals surface area contributed by atoms with Gasteiger partial charge in [0.05, 0.1) is 6.42 Å². The molecule has 0 saturated heterocycles. The van der Waals surface area contributed by atoms with E-state index < -0.39 is 0 Å². The maximum atomic E-state index is 13.7. The highest BCUT2D eigenvalue weighted by Gasteiger charge is 2.30. The minimum absolute atomic E-state index is 0.0486. The zero-order valence-corrected chi connectivity index (χ0v) is 11.3. The van der Waals surface area contributed by atoms with E-state index in [1.54, 1.807) is 23.1 Å². The molecule has 0 fully saturated rings. The number of halogens is 1. The molecule has 2 nitrogen and oxygen atoms in total. The first-order valence-corrected chi connectivity index (χ1v) is 6.80. The van der Waals surface area contributed by atoms with Crippen LogP contribution >= 0.6 is 0 Å². The molecule has 3 rings (SSSR count). The normalized spacial score (nSPS) is 17.1. The van der Waals surface area contributed by atoms with Gasteiger partial charge in [-0.15, -0.1) is 0 Å². The molecule has 0 radical (unpaired) electrons. The Kier molecular flexibility index (Phi) is 3.26. The molecular weight excluding hydrogens is 253 g/mol. The summed E-state index contributed by atoms with van der Waals surface area (Å²) in [5.41, 5.74) is 2.59. The molecule has 1 amide bonds. The van der Waals surface area contributed by atoms with Crippen LogP contribution in [0.5, 0.6) is 0 Å². The molecule has 1 heterocycles. The first kappa shape index (κ1) is 12.9. The van der Waals surface area contributed by atoms with Crippen LogP contribution < -0.4 is 4.90 Å². The van der Waals surface area contributed by atoms with Gasteiger partial charge in [0.2, 0.25) is 5.91 Å². The van der Waals surface area contributed by atoms with Crippen molar-refractivity contribution in [3.8, 4) is 0 Å². The van der Waals surface area contributed by atoms with Crippen molar-refractivity contribution in [1.29, 1.82) is 0 Å². The van der Waals surface area contributed by atoms with Crippen LogP contribution in [0, 0.1) is 5.82 Å². The van der Waals surface area contributed by atoms with Gasteiger partial charge in [-0.2, -0.15) is 0 Å². The van der Waals surface area contributed by atoms with Gasteiger partial charge in [0.25, 0.3) is 0 Å². The maximum Gasteiger partial charge on any atom is 0.231 e. The zero-order valence-electron chi connectivity index (χ0n) is 11.3. The van der Waals surface area contributed by atoms with E-state index in [0.717, 1.165) is 12.1 Å². The van der Waals surface area contributed by atoms with Crippen LogP contribution in [-0.2, 0) is 17.6 Å². The summed E-state index contributed by atoms with van der Waals surface area (Å²) < 4.78 is 13.7. The third kappa shape index (κ3) is 2.20. The zero-order chi connectivity index (χ0) is 14.1. The molecule has 1 unspecified atom stereocenters. The van der Waals surface area contributed by atoms with Crippen LogP contribution in [0.3, 0.4) is 0 Å². The summed E-state index contributed by atoms with van der Waals surface area (Å²) in [6.07, 6.45) is 0.963. The average molecular weight is 269 g/mol. The molecule has 102 valence electrons.